The van der Waals surface area contributed by atoms with Gasteiger partial charge in [-0.25, -0.2) is 8.42 Å². The number of para-hydroxylation sites is 1. The molecule has 0 bridgehead atoms. The summed E-state index contributed by atoms with van der Waals surface area (Å²) in [4.78, 5) is 3.96. The third-order valence-corrected chi connectivity index (χ3v) is 4.55. The van der Waals surface area contributed by atoms with E-state index in [1.165, 1.54) is 12.4 Å². The second-order valence-electron chi connectivity index (χ2n) is 3.71. The van der Waals surface area contributed by atoms with Crippen molar-refractivity contribution in [3.8, 4) is 0 Å². The predicted molar refractivity (Wildman–Crippen MR) is 78.7 cm³/mol. The lowest BCUT2D eigenvalue weighted by Gasteiger charge is -2.12. The summed E-state index contributed by atoms with van der Waals surface area (Å²) in [7, 11) is -2.02. The van der Waals surface area contributed by atoms with Crippen molar-refractivity contribution in [3.63, 3.8) is 0 Å². The Bertz CT molecular complexity index is 689. The molecule has 0 saturated carbocycles. The van der Waals surface area contributed by atoms with Crippen LogP contribution < -0.4 is 10.0 Å². The standard InChI is InChI=1S/C12H12BrN3O2S/c1-14-11-6-7-15-8-12(11)19(17,18)16-10-5-3-2-4-9(10)13/h2-8,16H,1H3,(H,14,15). The van der Waals surface area contributed by atoms with Gasteiger partial charge in [0, 0.05) is 23.9 Å². The lowest BCUT2D eigenvalue weighted by molar-refractivity contribution is 0.601. The summed E-state index contributed by atoms with van der Waals surface area (Å²) in [5.41, 5.74) is 0.975. The molecule has 100 valence electrons. The van der Waals surface area contributed by atoms with Crippen molar-refractivity contribution in [3.05, 3.63) is 47.2 Å². The van der Waals surface area contributed by atoms with Crippen LogP contribution in [-0.4, -0.2) is 20.4 Å². The van der Waals surface area contributed by atoms with Crippen molar-refractivity contribution in [2.45, 2.75) is 4.90 Å². The van der Waals surface area contributed by atoms with Gasteiger partial charge < -0.3 is 5.32 Å². The minimum atomic E-state index is -3.68. The van der Waals surface area contributed by atoms with Gasteiger partial charge in [0.1, 0.15) is 4.90 Å². The number of anilines is 2. The summed E-state index contributed by atoms with van der Waals surface area (Å²) in [5, 5.41) is 2.83. The molecule has 5 nitrogen and oxygen atoms in total. The zero-order valence-corrected chi connectivity index (χ0v) is 12.5. The first-order valence-electron chi connectivity index (χ1n) is 5.43. The van der Waals surface area contributed by atoms with Gasteiger partial charge in [-0.2, -0.15) is 0 Å². The quantitative estimate of drug-likeness (QED) is 0.896. The summed E-state index contributed by atoms with van der Waals surface area (Å²) >= 11 is 3.30. The SMILES string of the molecule is CNc1ccncc1S(=O)(=O)Nc1ccccc1Br. The molecule has 0 unspecified atom stereocenters. The first-order valence-corrected chi connectivity index (χ1v) is 7.71. The molecule has 1 aromatic heterocycles. The third-order valence-electron chi connectivity index (χ3n) is 2.46. The molecule has 0 aliphatic rings. The summed E-state index contributed by atoms with van der Waals surface area (Å²) in [6.45, 7) is 0. The first-order chi connectivity index (χ1) is 9.04. The molecule has 0 atom stereocenters. The maximum Gasteiger partial charge on any atom is 0.265 e. The molecule has 0 amide bonds. The highest BCUT2D eigenvalue weighted by Crippen LogP contribution is 2.26. The van der Waals surface area contributed by atoms with Gasteiger partial charge in [0.15, 0.2) is 0 Å². The average molecular weight is 342 g/mol. The second kappa shape index (κ2) is 5.58. The molecule has 0 spiro atoms. The number of pyridine rings is 1. The molecule has 0 fully saturated rings. The van der Waals surface area contributed by atoms with E-state index in [4.69, 9.17) is 0 Å². The highest BCUT2D eigenvalue weighted by atomic mass is 79.9. The molecule has 1 aromatic carbocycles. The average Bonchev–Trinajstić information content (AvgIpc) is 2.41. The Hall–Kier alpha value is -1.60. The lowest BCUT2D eigenvalue weighted by Crippen LogP contribution is -2.15. The maximum atomic E-state index is 12.3. The van der Waals surface area contributed by atoms with Crippen LogP contribution in [0.1, 0.15) is 0 Å². The van der Waals surface area contributed by atoms with Gasteiger partial charge >= 0.3 is 0 Å². The highest BCUT2D eigenvalue weighted by Gasteiger charge is 2.19. The number of sulfonamides is 1. The van der Waals surface area contributed by atoms with Crippen molar-refractivity contribution in [2.24, 2.45) is 0 Å². The Balaban J connectivity index is 2.41. The molecule has 19 heavy (non-hydrogen) atoms. The number of rotatable bonds is 4. The molecule has 7 heteroatoms. The van der Waals surface area contributed by atoms with Crippen LogP contribution in [0.15, 0.2) is 52.1 Å². The Kier molecular flexibility index (Phi) is 4.06. The fourth-order valence-electron chi connectivity index (χ4n) is 1.54. The molecule has 0 aliphatic heterocycles. The summed E-state index contributed by atoms with van der Waals surface area (Å²) in [6, 6.07) is 8.61. The Morgan fingerprint density at radius 2 is 1.89 bits per heavy atom. The number of nitrogens with zero attached hydrogens (tertiary/aromatic N) is 1. The lowest BCUT2D eigenvalue weighted by atomic mass is 10.3. The molecule has 2 rings (SSSR count). The molecule has 2 N–H and O–H groups in total. The number of nitrogens with one attached hydrogen (secondary N) is 2. The normalized spacial score (nSPS) is 11.1. The van der Waals surface area contributed by atoms with E-state index in [-0.39, 0.29) is 4.90 Å². The molecule has 0 aliphatic carbocycles. The van der Waals surface area contributed by atoms with Crippen LogP contribution in [0.5, 0.6) is 0 Å². The minimum Gasteiger partial charge on any atom is -0.387 e. The summed E-state index contributed by atoms with van der Waals surface area (Å²) in [5.74, 6) is 0. The van der Waals surface area contributed by atoms with Gasteiger partial charge in [-0.15, -0.1) is 0 Å². The van der Waals surface area contributed by atoms with Crippen molar-refractivity contribution in [1.82, 2.24) is 4.98 Å². The maximum absolute atomic E-state index is 12.3. The zero-order valence-electron chi connectivity index (χ0n) is 10.1. The van der Waals surface area contributed by atoms with E-state index in [9.17, 15) is 8.42 Å². The van der Waals surface area contributed by atoms with Gasteiger partial charge in [0.2, 0.25) is 0 Å². The van der Waals surface area contributed by atoms with E-state index in [2.05, 4.69) is 31.0 Å². The Morgan fingerprint density at radius 3 is 2.58 bits per heavy atom. The van der Waals surface area contributed by atoms with Crippen molar-refractivity contribution < 1.29 is 8.42 Å². The van der Waals surface area contributed by atoms with Crippen molar-refractivity contribution in [1.29, 1.82) is 0 Å². The van der Waals surface area contributed by atoms with E-state index >= 15 is 0 Å². The van der Waals surface area contributed by atoms with Crippen LogP contribution in [0.3, 0.4) is 0 Å². The van der Waals surface area contributed by atoms with Crippen LogP contribution >= 0.6 is 15.9 Å². The number of hydrogen-bond donors (Lipinski definition) is 2. The first kappa shape index (κ1) is 13.8. The fraction of sp³-hybridized carbons (Fsp3) is 0.0833. The van der Waals surface area contributed by atoms with Gasteiger partial charge in [0.05, 0.1) is 11.4 Å². The van der Waals surface area contributed by atoms with Crippen LogP contribution in [0.2, 0.25) is 0 Å². The van der Waals surface area contributed by atoms with Crippen LogP contribution in [0, 0.1) is 0 Å². The van der Waals surface area contributed by atoms with Crippen LogP contribution in [0.4, 0.5) is 11.4 Å². The molecular weight excluding hydrogens is 330 g/mol. The van der Waals surface area contributed by atoms with Gasteiger partial charge in [-0.3, -0.25) is 9.71 Å². The monoisotopic (exact) mass is 341 g/mol. The highest BCUT2D eigenvalue weighted by molar-refractivity contribution is 9.10. The zero-order chi connectivity index (χ0) is 13.9. The third kappa shape index (κ3) is 3.05. The number of aromatic nitrogens is 1. The molecule has 0 radical (unpaired) electrons. The van der Waals surface area contributed by atoms with Gasteiger partial charge in [0.25, 0.3) is 10.0 Å². The fourth-order valence-corrected chi connectivity index (χ4v) is 3.30. The smallest absolute Gasteiger partial charge is 0.265 e. The molecule has 2 aromatic rings. The number of hydrogen-bond acceptors (Lipinski definition) is 4. The molecular formula is C12H12BrN3O2S. The van der Waals surface area contributed by atoms with E-state index in [1.54, 1.807) is 31.3 Å². The number of halogens is 1. The number of benzene rings is 1. The van der Waals surface area contributed by atoms with Crippen molar-refractivity contribution >= 4 is 37.3 Å². The predicted octanol–water partition coefficient (Wildman–Crippen LogP) is 2.69. The van der Waals surface area contributed by atoms with E-state index in [0.29, 0.717) is 15.8 Å². The van der Waals surface area contributed by atoms with E-state index in [1.807, 2.05) is 6.07 Å². The summed E-state index contributed by atoms with van der Waals surface area (Å²) in [6.07, 6.45) is 2.84. The summed E-state index contributed by atoms with van der Waals surface area (Å²) < 4.78 is 27.8. The van der Waals surface area contributed by atoms with E-state index < -0.39 is 10.0 Å². The minimum absolute atomic E-state index is 0.105. The van der Waals surface area contributed by atoms with Gasteiger partial charge in [-0.1, -0.05) is 12.1 Å². The second-order valence-corrected chi connectivity index (χ2v) is 6.21. The largest absolute Gasteiger partial charge is 0.387 e. The molecule has 0 saturated heterocycles. The molecule has 1 heterocycles. The van der Waals surface area contributed by atoms with Gasteiger partial charge in [-0.05, 0) is 34.1 Å². The van der Waals surface area contributed by atoms with Crippen LogP contribution in [0.25, 0.3) is 0 Å². The Labute approximate surface area is 120 Å². The topological polar surface area (TPSA) is 71.1 Å². The van der Waals surface area contributed by atoms with Crippen molar-refractivity contribution in [2.75, 3.05) is 17.1 Å². The Morgan fingerprint density at radius 1 is 1.16 bits per heavy atom. The van der Waals surface area contributed by atoms with E-state index in [0.717, 1.165) is 0 Å². The van der Waals surface area contributed by atoms with Crippen LogP contribution in [-0.2, 0) is 10.0 Å².